The number of esters is 1. The topological polar surface area (TPSA) is 285 Å². The number of aryl methyl sites for hydroxylation is 1. The van der Waals surface area contributed by atoms with Crippen molar-refractivity contribution in [2.24, 2.45) is 0 Å². The number of fused-ring (bicyclic) bond motifs is 5. The van der Waals surface area contributed by atoms with Crippen molar-refractivity contribution in [1.82, 2.24) is 45.9 Å². The molecule has 23 heteroatoms. The summed E-state index contributed by atoms with van der Waals surface area (Å²) in [4.78, 5) is 137. The first-order valence-electron chi connectivity index (χ1n) is 25.8. The highest BCUT2D eigenvalue weighted by Crippen LogP contribution is 2.48. The third-order valence-electron chi connectivity index (χ3n) is 14.8. The van der Waals surface area contributed by atoms with Crippen molar-refractivity contribution in [3.8, 4) is 11.4 Å². The molecular formula is C55H62FN9O12S. The van der Waals surface area contributed by atoms with Gasteiger partial charge in [-0.15, -0.1) is 11.8 Å². The van der Waals surface area contributed by atoms with Gasteiger partial charge in [0, 0.05) is 61.2 Å². The number of aromatic nitrogens is 2. The summed E-state index contributed by atoms with van der Waals surface area (Å²) < 4.78 is 21.2. The number of thioether (sulfide) groups is 1. The first kappa shape index (κ1) is 56.4. The number of imide groups is 1. The summed E-state index contributed by atoms with van der Waals surface area (Å²) in [7, 11) is 1.68. The second-order valence-corrected chi connectivity index (χ2v) is 21.8. The second-order valence-electron chi connectivity index (χ2n) is 20.2. The molecule has 0 saturated carbocycles. The van der Waals surface area contributed by atoms with Crippen molar-refractivity contribution in [3.05, 3.63) is 110 Å². The largest absolute Gasteiger partial charge is 0.458 e. The molecule has 0 saturated heterocycles. The van der Waals surface area contributed by atoms with Crippen LogP contribution in [-0.4, -0.2) is 128 Å². The molecule has 21 nitrogen and oxygen atoms in total. The van der Waals surface area contributed by atoms with Gasteiger partial charge in [0.15, 0.2) is 5.60 Å². The number of unbranched alkanes of at least 4 members (excludes halogenated alkanes) is 2. The number of cyclic esters (lactones) is 1. The van der Waals surface area contributed by atoms with Crippen LogP contribution in [0.4, 0.5) is 4.39 Å². The van der Waals surface area contributed by atoms with E-state index in [2.05, 4.69) is 26.6 Å². The smallest absolute Gasteiger partial charge is 0.343 e. The Labute approximate surface area is 452 Å². The monoisotopic (exact) mass is 1090 g/mol. The fourth-order valence-electron chi connectivity index (χ4n) is 10.4. The molecule has 78 heavy (non-hydrogen) atoms. The lowest BCUT2D eigenvalue weighted by Crippen LogP contribution is -2.52. The van der Waals surface area contributed by atoms with E-state index in [-0.39, 0.29) is 73.7 Å². The van der Waals surface area contributed by atoms with E-state index in [9.17, 15) is 53.1 Å². The number of aliphatic hydroxyl groups is 1. The van der Waals surface area contributed by atoms with Crippen molar-refractivity contribution < 1.29 is 57.4 Å². The van der Waals surface area contributed by atoms with Gasteiger partial charge in [0.25, 0.3) is 17.4 Å². The number of nitrogens with one attached hydrogen (secondary N) is 5. The molecule has 0 spiro atoms. The van der Waals surface area contributed by atoms with Gasteiger partial charge in [-0.25, -0.2) is 14.2 Å². The standard InChI is InChI=1S/C55H62FN9O12S/c1-6-55(76)35-22-40-49-33(27-65(40)51(73)34(35)28-77-53(55)75)48-39(17-16-32-30(2)36(56)23-37(62-49)47(32)48)63(5)52(74)54(3,4)78-29-60-43(68)25-59-50(72)38(21-31-13-9-7-10-14-31)61-44(69)26-58-42(67)24-57-41(66)15-11-8-12-20-64-45(70)18-19-46(64)71/h7,9-10,13-14,18-19,22-23,38-39,76H,6,8,11-12,15-17,20-21,24-29H2,1-5H3,(H,57,66)(H,58,67)(H,59,72)(H,60,68)(H,61,69)/t38-,39-,55-/m0/s1. The van der Waals surface area contributed by atoms with Gasteiger partial charge in [-0.2, -0.15) is 0 Å². The quantitative estimate of drug-likeness (QED) is 0.0251. The highest BCUT2D eigenvalue weighted by Gasteiger charge is 2.46. The maximum atomic E-state index is 15.6. The van der Waals surface area contributed by atoms with E-state index in [0.717, 1.165) is 27.8 Å². The van der Waals surface area contributed by atoms with Crippen LogP contribution in [0, 0.1) is 12.7 Å². The molecule has 3 atom stereocenters. The average Bonchev–Trinajstić information content (AvgIpc) is 4.04. The zero-order chi connectivity index (χ0) is 56.2. The fourth-order valence-corrected chi connectivity index (χ4v) is 11.3. The molecule has 4 aromatic rings. The zero-order valence-corrected chi connectivity index (χ0v) is 44.8. The average molecular weight is 1090 g/mol. The van der Waals surface area contributed by atoms with Gasteiger partial charge in [0.1, 0.15) is 18.5 Å². The fraction of sp³-hybridized carbons (Fsp3) is 0.436. The third-order valence-corrected chi connectivity index (χ3v) is 16.0. The summed E-state index contributed by atoms with van der Waals surface area (Å²) in [6, 6.07) is 10.1. The Balaban J connectivity index is 0.846. The molecule has 0 fully saturated rings. The van der Waals surface area contributed by atoms with E-state index >= 15 is 4.39 Å². The Morgan fingerprint density at radius 1 is 0.897 bits per heavy atom. The lowest BCUT2D eigenvalue weighted by Gasteiger charge is -2.38. The number of nitrogens with zero attached hydrogens (tertiary/aromatic N) is 4. The summed E-state index contributed by atoms with van der Waals surface area (Å²) in [6.07, 6.45) is 4.94. The van der Waals surface area contributed by atoms with E-state index in [1.165, 1.54) is 22.8 Å². The Bertz CT molecular complexity index is 3220. The number of rotatable bonds is 22. The third kappa shape index (κ3) is 11.7. The predicted molar refractivity (Wildman–Crippen MR) is 283 cm³/mol. The first-order valence-corrected chi connectivity index (χ1v) is 26.8. The Hall–Kier alpha value is -7.79. The number of amides is 8. The number of benzene rings is 2. The first-order chi connectivity index (χ1) is 37.1. The van der Waals surface area contributed by atoms with Gasteiger partial charge >= 0.3 is 5.97 Å². The molecule has 3 aliphatic heterocycles. The molecule has 2 aromatic heterocycles. The Kier molecular flexibility index (Phi) is 17.0. The lowest BCUT2D eigenvalue weighted by atomic mass is 9.81. The normalized spacial score (nSPS) is 17.4. The number of pyridine rings is 2. The molecule has 8 amide bonds. The zero-order valence-electron chi connectivity index (χ0n) is 44.0. The van der Waals surface area contributed by atoms with Crippen molar-refractivity contribution in [3.63, 3.8) is 0 Å². The van der Waals surface area contributed by atoms with Gasteiger partial charge in [-0.3, -0.25) is 48.1 Å². The van der Waals surface area contributed by atoms with E-state index in [0.29, 0.717) is 71.1 Å². The summed E-state index contributed by atoms with van der Waals surface area (Å²) in [5.41, 5.74) is 2.16. The van der Waals surface area contributed by atoms with Crippen LogP contribution in [-0.2, 0) is 79.5 Å². The predicted octanol–water partition coefficient (Wildman–Crippen LogP) is 2.12. The molecule has 4 aliphatic rings. The highest BCUT2D eigenvalue weighted by molar-refractivity contribution is 8.01. The minimum Gasteiger partial charge on any atom is -0.458 e. The summed E-state index contributed by atoms with van der Waals surface area (Å²) in [5.74, 6) is -5.37. The minimum absolute atomic E-state index is 0.0327. The summed E-state index contributed by atoms with van der Waals surface area (Å²) in [6.45, 7) is 5.38. The summed E-state index contributed by atoms with van der Waals surface area (Å²) >= 11 is 1.15. The van der Waals surface area contributed by atoms with Crippen molar-refractivity contribution >= 4 is 75.9 Å². The van der Waals surface area contributed by atoms with Gasteiger partial charge in [-0.05, 0) is 81.2 Å². The molecule has 0 unspecified atom stereocenters. The SMILES string of the molecule is CC[C@@]1(O)C(=O)OCc2c1cc1n(c2=O)Cc2c-1nc1cc(F)c(C)c3c1c2[C@@H](N(C)C(=O)C(C)(C)SCNC(=O)CNC(=O)[C@H](Cc1ccccc1)NC(=O)CNC(=O)CNC(=O)CCCCCN1C(=O)C=CC1=O)CC3. The second kappa shape index (κ2) is 23.4. The van der Waals surface area contributed by atoms with Crippen LogP contribution in [0.2, 0.25) is 0 Å². The van der Waals surface area contributed by atoms with Crippen molar-refractivity contribution in [2.75, 3.05) is 39.1 Å². The van der Waals surface area contributed by atoms with E-state index < -0.39 is 88.9 Å². The number of carbonyl (C=O) groups excluding carboxylic acids is 9. The molecule has 2 aromatic carbocycles. The molecule has 0 bridgehead atoms. The molecule has 8 rings (SSSR count). The van der Waals surface area contributed by atoms with Gasteiger partial charge in [0.2, 0.25) is 35.4 Å². The van der Waals surface area contributed by atoms with E-state index in [1.54, 1.807) is 76.0 Å². The number of hydrogen-bond acceptors (Lipinski definition) is 14. The van der Waals surface area contributed by atoms with Crippen LogP contribution in [0.5, 0.6) is 0 Å². The molecule has 0 radical (unpaired) electrons. The molecule has 412 valence electrons. The summed E-state index contributed by atoms with van der Waals surface area (Å²) in [5, 5.41) is 24.9. The van der Waals surface area contributed by atoms with Crippen LogP contribution < -0.4 is 32.1 Å². The molecule has 5 heterocycles. The van der Waals surface area contributed by atoms with Gasteiger partial charge < -0.3 is 45.9 Å². The maximum absolute atomic E-state index is 15.6. The Morgan fingerprint density at radius 3 is 2.29 bits per heavy atom. The van der Waals surface area contributed by atoms with Crippen LogP contribution >= 0.6 is 11.8 Å². The minimum atomic E-state index is -2.05. The maximum Gasteiger partial charge on any atom is 0.343 e. The molecule has 6 N–H and O–H groups in total. The number of ether oxygens (including phenoxy) is 1. The van der Waals surface area contributed by atoms with Crippen LogP contribution in [0.1, 0.15) is 104 Å². The highest BCUT2D eigenvalue weighted by atomic mass is 32.2. The van der Waals surface area contributed by atoms with Crippen molar-refractivity contribution in [2.45, 2.75) is 115 Å². The van der Waals surface area contributed by atoms with Gasteiger partial charge in [0.05, 0.1) is 65.3 Å². The lowest BCUT2D eigenvalue weighted by molar-refractivity contribution is -0.172. The van der Waals surface area contributed by atoms with Crippen LogP contribution in [0.15, 0.2) is 59.4 Å². The van der Waals surface area contributed by atoms with Crippen LogP contribution in [0.25, 0.3) is 22.3 Å². The number of carbonyl (C=O) groups is 9. The van der Waals surface area contributed by atoms with E-state index in [4.69, 9.17) is 9.72 Å². The number of hydrogen-bond donors (Lipinski definition) is 6. The number of halogens is 1. The van der Waals surface area contributed by atoms with Crippen molar-refractivity contribution in [1.29, 1.82) is 0 Å². The molecular weight excluding hydrogens is 1030 g/mol. The Morgan fingerprint density at radius 2 is 1.58 bits per heavy atom. The van der Waals surface area contributed by atoms with Gasteiger partial charge in [-0.1, -0.05) is 43.7 Å². The van der Waals surface area contributed by atoms with Crippen LogP contribution in [0.3, 0.4) is 0 Å². The molecule has 1 aliphatic carbocycles. The van der Waals surface area contributed by atoms with E-state index in [1.807, 2.05) is 0 Å².